The molecule has 0 spiro atoms. The molecule has 0 saturated carbocycles. The van der Waals surface area contributed by atoms with Crippen molar-refractivity contribution in [2.45, 2.75) is 51.2 Å². The Morgan fingerprint density at radius 1 is 1.37 bits per heavy atom. The Bertz CT molecular complexity index is 374. The van der Waals surface area contributed by atoms with E-state index < -0.39 is 23.2 Å². The van der Waals surface area contributed by atoms with E-state index >= 15 is 0 Å². The summed E-state index contributed by atoms with van der Waals surface area (Å²) in [4.78, 5) is 36.3. The molecule has 0 aromatic rings. The predicted octanol–water partition coefficient (Wildman–Crippen LogP) is 1.52. The van der Waals surface area contributed by atoms with E-state index in [2.05, 4.69) is 0 Å². The summed E-state index contributed by atoms with van der Waals surface area (Å²) in [6, 6.07) is 0. The van der Waals surface area contributed by atoms with Crippen molar-refractivity contribution in [3.8, 4) is 0 Å². The third-order valence-electron chi connectivity index (χ3n) is 3.09. The smallest absolute Gasteiger partial charge is 0.411 e. The molecule has 0 bridgehead atoms. The Morgan fingerprint density at radius 3 is 2.47 bits per heavy atom. The van der Waals surface area contributed by atoms with Crippen molar-refractivity contribution in [2.75, 3.05) is 13.7 Å². The van der Waals surface area contributed by atoms with Crippen LogP contribution < -0.4 is 0 Å². The molecule has 1 aliphatic rings. The summed E-state index contributed by atoms with van der Waals surface area (Å²) >= 11 is 0. The molecule has 1 aliphatic heterocycles. The lowest BCUT2D eigenvalue weighted by Crippen LogP contribution is -2.55. The number of hydrogen-bond donors (Lipinski definition) is 0. The summed E-state index contributed by atoms with van der Waals surface area (Å²) in [6.45, 7) is 5.64. The Morgan fingerprint density at radius 2 is 2.00 bits per heavy atom. The van der Waals surface area contributed by atoms with Crippen LogP contribution in [0.25, 0.3) is 0 Å². The van der Waals surface area contributed by atoms with E-state index in [1.54, 1.807) is 20.8 Å². The zero-order valence-corrected chi connectivity index (χ0v) is 11.9. The quantitative estimate of drug-likeness (QED) is 0.574. The molecule has 0 radical (unpaired) electrons. The second kappa shape index (κ2) is 5.59. The van der Waals surface area contributed by atoms with Gasteiger partial charge in [0.25, 0.3) is 0 Å². The van der Waals surface area contributed by atoms with Crippen LogP contribution in [0, 0.1) is 0 Å². The number of methoxy groups -OCH3 is 1. The topological polar surface area (TPSA) is 72.9 Å². The monoisotopic (exact) mass is 271 g/mol. The summed E-state index contributed by atoms with van der Waals surface area (Å²) in [5.74, 6) is -0.567. The molecule has 1 heterocycles. The highest BCUT2D eigenvalue weighted by Gasteiger charge is 2.51. The van der Waals surface area contributed by atoms with Crippen molar-refractivity contribution < 1.29 is 23.9 Å². The highest BCUT2D eigenvalue weighted by Crippen LogP contribution is 2.34. The first-order valence-electron chi connectivity index (χ1n) is 6.29. The Balaban J connectivity index is 3.00. The van der Waals surface area contributed by atoms with Crippen molar-refractivity contribution in [1.29, 1.82) is 0 Å². The van der Waals surface area contributed by atoms with Crippen LogP contribution in [0.5, 0.6) is 0 Å². The number of hydrogen-bond acceptors (Lipinski definition) is 5. The van der Waals surface area contributed by atoms with Gasteiger partial charge in [0.1, 0.15) is 11.9 Å². The molecule has 0 N–H and O–H groups in total. The molecule has 0 aromatic heterocycles. The van der Waals surface area contributed by atoms with Gasteiger partial charge >= 0.3 is 12.1 Å². The average molecular weight is 271 g/mol. The fourth-order valence-corrected chi connectivity index (χ4v) is 2.30. The van der Waals surface area contributed by atoms with Crippen LogP contribution in [0.4, 0.5) is 4.79 Å². The van der Waals surface area contributed by atoms with Gasteiger partial charge < -0.3 is 14.3 Å². The molecular weight excluding hydrogens is 250 g/mol. The number of ether oxygens (including phenoxy) is 2. The summed E-state index contributed by atoms with van der Waals surface area (Å²) in [5, 5.41) is 0. The first-order chi connectivity index (χ1) is 8.77. The highest BCUT2D eigenvalue weighted by molar-refractivity contribution is 5.89. The fraction of sp³-hybridized carbons (Fsp3) is 0.769. The van der Waals surface area contributed by atoms with Crippen LogP contribution in [0.15, 0.2) is 0 Å². The zero-order chi connectivity index (χ0) is 14.7. The van der Waals surface area contributed by atoms with Gasteiger partial charge in [0.15, 0.2) is 5.54 Å². The average Bonchev–Trinajstić information content (AvgIpc) is 2.71. The van der Waals surface area contributed by atoms with Crippen LogP contribution in [0.1, 0.15) is 40.0 Å². The van der Waals surface area contributed by atoms with Crippen LogP contribution in [-0.4, -0.2) is 48.0 Å². The number of nitrogens with zero attached hydrogens (tertiary/aromatic N) is 1. The van der Waals surface area contributed by atoms with Crippen molar-refractivity contribution in [3.05, 3.63) is 0 Å². The molecule has 1 atom stereocenters. The third-order valence-corrected chi connectivity index (χ3v) is 3.09. The van der Waals surface area contributed by atoms with E-state index in [9.17, 15) is 14.4 Å². The summed E-state index contributed by atoms with van der Waals surface area (Å²) in [6.07, 6.45) is 1.04. The van der Waals surface area contributed by atoms with Crippen LogP contribution in [0.2, 0.25) is 0 Å². The lowest BCUT2D eigenvalue weighted by Gasteiger charge is -2.35. The van der Waals surface area contributed by atoms with E-state index in [-0.39, 0.29) is 6.42 Å². The second-order valence-electron chi connectivity index (χ2n) is 5.63. The number of aldehydes is 1. The van der Waals surface area contributed by atoms with Gasteiger partial charge in [0.05, 0.1) is 7.11 Å². The van der Waals surface area contributed by atoms with Gasteiger partial charge in [-0.25, -0.2) is 9.59 Å². The molecule has 6 nitrogen and oxygen atoms in total. The molecule has 0 unspecified atom stereocenters. The standard InChI is InChI=1S/C13H21NO5/c1-12(2,3)19-11(17)14-8-5-6-13(14,7-9-15)10(16)18-4/h9H,5-8H2,1-4H3/t13-/m0/s1. The van der Waals surface area contributed by atoms with Gasteiger partial charge in [-0.2, -0.15) is 0 Å². The van der Waals surface area contributed by atoms with Crippen molar-refractivity contribution in [2.24, 2.45) is 0 Å². The lowest BCUT2D eigenvalue weighted by molar-refractivity contribution is -0.154. The molecular formula is C13H21NO5. The van der Waals surface area contributed by atoms with E-state index in [0.717, 1.165) is 0 Å². The predicted molar refractivity (Wildman–Crippen MR) is 67.6 cm³/mol. The summed E-state index contributed by atoms with van der Waals surface area (Å²) in [7, 11) is 1.25. The first-order valence-corrected chi connectivity index (χ1v) is 6.29. The molecule has 0 aromatic carbocycles. The first kappa shape index (κ1) is 15.5. The van der Waals surface area contributed by atoms with E-state index in [4.69, 9.17) is 9.47 Å². The minimum absolute atomic E-state index is 0.0705. The molecule has 19 heavy (non-hydrogen) atoms. The lowest BCUT2D eigenvalue weighted by atomic mass is 9.93. The maximum Gasteiger partial charge on any atom is 0.411 e. The maximum atomic E-state index is 12.2. The molecule has 1 rings (SSSR count). The molecule has 108 valence electrons. The fourth-order valence-electron chi connectivity index (χ4n) is 2.30. The van der Waals surface area contributed by atoms with Crippen LogP contribution in [-0.2, 0) is 19.1 Å². The SMILES string of the molecule is COC(=O)[C@@]1(CC=O)CCCN1C(=O)OC(C)(C)C. The minimum Gasteiger partial charge on any atom is -0.467 e. The Hall–Kier alpha value is -1.59. The maximum absolute atomic E-state index is 12.2. The van der Waals surface area contributed by atoms with Gasteiger partial charge in [0, 0.05) is 13.0 Å². The third kappa shape index (κ3) is 3.24. The number of likely N-dealkylation sites (tertiary alicyclic amines) is 1. The zero-order valence-electron chi connectivity index (χ0n) is 11.9. The van der Waals surface area contributed by atoms with Gasteiger partial charge in [-0.1, -0.05) is 0 Å². The molecule has 1 amide bonds. The van der Waals surface area contributed by atoms with E-state index in [1.807, 2.05) is 0 Å². The molecule has 6 heteroatoms. The molecule has 1 fully saturated rings. The Labute approximate surface area is 113 Å². The largest absolute Gasteiger partial charge is 0.467 e. The number of carbonyl (C=O) groups excluding carboxylic acids is 3. The van der Waals surface area contributed by atoms with Crippen LogP contribution in [0.3, 0.4) is 0 Å². The van der Waals surface area contributed by atoms with Crippen molar-refractivity contribution in [1.82, 2.24) is 4.90 Å². The van der Waals surface area contributed by atoms with Gasteiger partial charge in [-0.3, -0.25) is 4.90 Å². The minimum atomic E-state index is -1.21. The molecule has 1 saturated heterocycles. The number of rotatable bonds is 3. The van der Waals surface area contributed by atoms with E-state index in [0.29, 0.717) is 25.7 Å². The second-order valence-corrected chi connectivity index (χ2v) is 5.63. The van der Waals surface area contributed by atoms with Crippen LogP contribution >= 0.6 is 0 Å². The van der Waals surface area contributed by atoms with Gasteiger partial charge in [-0.05, 0) is 33.6 Å². The number of esters is 1. The normalized spacial score (nSPS) is 23.1. The van der Waals surface area contributed by atoms with E-state index in [1.165, 1.54) is 12.0 Å². The van der Waals surface area contributed by atoms with Gasteiger partial charge in [-0.15, -0.1) is 0 Å². The summed E-state index contributed by atoms with van der Waals surface area (Å²) in [5.41, 5.74) is -1.86. The highest BCUT2D eigenvalue weighted by atomic mass is 16.6. The Kier molecular flexibility index (Phi) is 4.55. The summed E-state index contributed by atoms with van der Waals surface area (Å²) < 4.78 is 10.0. The van der Waals surface area contributed by atoms with Gasteiger partial charge in [0.2, 0.25) is 0 Å². The van der Waals surface area contributed by atoms with Crippen molar-refractivity contribution in [3.63, 3.8) is 0 Å². The number of amides is 1. The number of carbonyl (C=O) groups is 3. The van der Waals surface area contributed by atoms with Crippen molar-refractivity contribution >= 4 is 18.3 Å². The molecule has 0 aliphatic carbocycles.